The molecule has 0 aliphatic carbocycles. The molecule has 0 radical (unpaired) electrons. The second kappa shape index (κ2) is 7.19. The molecule has 4 aromatic rings. The normalized spacial score (nSPS) is 12.1. The van der Waals surface area contributed by atoms with Crippen LogP contribution in [-0.2, 0) is 0 Å². The molecule has 2 aromatic carbocycles. The average Bonchev–Trinajstić information content (AvgIpc) is 2.68. The summed E-state index contributed by atoms with van der Waals surface area (Å²) < 4.78 is 0. The Morgan fingerprint density at radius 2 is 1.68 bits per heavy atom. The van der Waals surface area contributed by atoms with Crippen molar-refractivity contribution >= 4 is 16.7 Å². The number of fused-ring (bicyclic) bond motifs is 1. The molecule has 0 spiro atoms. The van der Waals surface area contributed by atoms with Gasteiger partial charge in [0.2, 0.25) is 0 Å². The summed E-state index contributed by atoms with van der Waals surface area (Å²) in [5, 5.41) is 25.1. The molecule has 2 heterocycles. The van der Waals surface area contributed by atoms with Crippen molar-refractivity contribution in [2.75, 3.05) is 5.32 Å². The Hall–Kier alpha value is -3.60. The SMILES string of the molecule is Cc1cc[nH+]c(N[C@@H](c2ccc(O)cc2)c2ccc3ccc(C)nc3c2O)c1. The third-order valence-electron chi connectivity index (χ3n) is 4.80. The average molecular weight is 372 g/mol. The largest absolute Gasteiger partial charge is 0.508 e. The first-order valence-electron chi connectivity index (χ1n) is 9.14. The lowest BCUT2D eigenvalue weighted by molar-refractivity contribution is -0.361. The smallest absolute Gasteiger partial charge is 0.273 e. The van der Waals surface area contributed by atoms with Crippen LogP contribution in [0.25, 0.3) is 10.9 Å². The molecule has 1 atom stereocenters. The summed E-state index contributed by atoms with van der Waals surface area (Å²) in [7, 11) is 0. The molecule has 140 valence electrons. The van der Waals surface area contributed by atoms with Gasteiger partial charge in [-0.2, -0.15) is 0 Å². The van der Waals surface area contributed by atoms with Crippen LogP contribution in [-0.4, -0.2) is 15.2 Å². The van der Waals surface area contributed by atoms with Crippen molar-refractivity contribution < 1.29 is 15.2 Å². The molecule has 4 N–H and O–H groups in total. The van der Waals surface area contributed by atoms with Gasteiger partial charge in [-0.25, -0.2) is 9.97 Å². The van der Waals surface area contributed by atoms with Crippen molar-refractivity contribution in [1.82, 2.24) is 4.98 Å². The van der Waals surface area contributed by atoms with E-state index in [2.05, 4.69) is 15.3 Å². The number of rotatable bonds is 4. The highest BCUT2D eigenvalue weighted by Crippen LogP contribution is 2.36. The van der Waals surface area contributed by atoms with Crippen LogP contribution in [0.15, 0.2) is 66.9 Å². The van der Waals surface area contributed by atoms with Crippen LogP contribution in [0.1, 0.15) is 28.4 Å². The summed E-state index contributed by atoms with van der Waals surface area (Å²) >= 11 is 0. The quantitative estimate of drug-likeness (QED) is 0.500. The first-order chi connectivity index (χ1) is 13.5. The first kappa shape index (κ1) is 17.8. The lowest BCUT2D eigenvalue weighted by Gasteiger charge is -2.18. The topological polar surface area (TPSA) is 79.5 Å². The molecule has 2 aromatic heterocycles. The Bertz CT molecular complexity index is 1140. The third-order valence-corrected chi connectivity index (χ3v) is 4.80. The summed E-state index contributed by atoms with van der Waals surface area (Å²) in [6.45, 7) is 3.93. The van der Waals surface area contributed by atoms with Gasteiger partial charge in [0.25, 0.3) is 5.82 Å². The zero-order valence-corrected chi connectivity index (χ0v) is 15.8. The molecule has 4 rings (SSSR count). The van der Waals surface area contributed by atoms with Gasteiger partial charge in [0.1, 0.15) is 23.1 Å². The molecule has 5 heteroatoms. The summed E-state index contributed by atoms with van der Waals surface area (Å²) in [6.07, 6.45) is 1.87. The van der Waals surface area contributed by atoms with Crippen LogP contribution in [0.3, 0.4) is 0 Å². The zero-order chi connectivity index (χ0) is 19.7. The van der Waals surface area contributed by atoms with E-state index in [4.69, 9.17) is 0 Å². The van der Waals surface area contributed by atoms with Gasteiger partial charge in [-0.1, -0.05) is 24.3 Å². The van der Waals surface area contributed by atoms with Crippen LogP contribution in [0.5, 0.6) is 11.5 Å². The molecule has 5 nitrogen and oxygen atoms in total. The van der Waals surface area contributed by atoms with Gasteiger partial charge < -0.3 is 10.2 Å². The Morgan fingerprint density at radius 1 is 0.929 bits per heavy atom. The lowest BCUT2D eigenvalue weighted by Crippen LogP contribution is -2.19. The Kier molecular flexibility index (Phi) is 4.57. The predicted octanol–water partition coefficient (Wildman–Crippen LogP) is 4.28. The molecule has 0 saturated heterocycles. The maximum absolute atomic E-state index is 11.0. The molecule has 0 fully saturated rings. The molecule has 0 aliphatic heterocycles. The third kappa shape index (κ3) is 3.47. The van der Waals surface area contributed by atoms with Gasteiger partial charge in [-0.3, -0.25) is 5.32 Å². The fraction of sp³-hybridized carbons (Fsp3) is 0.130. The van der Waals surface area contributed by atoms with Crippen LogP contribution in [0.2, 0.25) is 0 Å². The van der Waals surface area contributed by atoms with Gasteiger partial charge in [0.15, 0.2) is 0 Å². The van der Waals surface area contributed by atoms with E-state index in [9.17, 15) is 10.2 Å². The maximum atomic E-state index is 11.0. The number of anilines is 1. The summed E-state index contributed by atoms with van der Waals surface area (Å²) in [5.41, 5.74) is 4.17. The van der Waals surface area contributed by atoms with E-state index in [1.807, 2.05) is 68.6 Å². The van der Waals surface area contributed by atoms with Crippen LogP contribution < -0.4 is 10.3 Å². The lowest BCUT2D eigenvalue weighted by atomic mass is 9.96. The fourth-order valence-corrected chi connectivity index (χ4v) is 3.35. The number of nitrogens with one attached hydrogen (secondary N) is 2. The monoisotopic (exact) mass is 372 g/mol. The minimum Gasteiger partial charge on any atom is -0.508 e. The molecule has 0 aliphatic rings. The summed E-state index contributed by atoms with van der Waals surface area (Å²) in [6, 6.07) is 18.4. The number of hydrogen-bond acceptors (Lipinski definition) is 4. The minimum atomic E-state index is -0.328. The van der Waals surface area contributed by atoms with Crippen molar-refractivity contribution in [1.29, 1.82) is 0 Å². The molecular formula is C23H22N3O2+. The Morgan fingerprint density at radius 3 is 2.43 bits per heavy atom. The van der Waals surface area contributed by atoms with E-state index in [-0.39, 0.29) is 17.5 Å². The number of phenols is 2. The maximum Gasteiger partial charge on any atom is 0.273 e. The highest BCUT2D eigenvalue weighted by molar-refractivity contribution is 5.86. The zero-order valence-electron chi connectivity index (χ0n) is 15.8. The number of pyridine rings is 2. The second-order valence-corrected chi connectivity index (χ2v) is 6.98. The highest BCUT2D eigenvalue weighted by Gasteiger charge is 2.24. The summed E-state index contributed by atoms with van der Waals surface area (Å²) in [4.78, 5) is 7.72. The van der Waals surface area contributed by atoms with E-state index < -0.39 is 0 Å². The van der Waals surface area contributed by atoms with Crippen LogP contribution in [0.4, 0.5) is 5.82 Å². The van der Waals surface area contributed by atoms with Crippen molar-refractivity contribution in [3.8, 4) is 11.5 Å². The molecule has 28 heavy (non-hydrogen) atoms. The van der Waals surface area contributed by atoms with Crippen molar-refractivity contribution in [3.63, 3.8) is 0 Å². The van der Waals surface area contributed by atoms with Gasteiger partial charge in [-0.05, 0) is 49.7 Å². The molecule has 0 saturated carbocycles. The number of aromatic nitrogens is 2. The predicted molar refractivity (Wildman–Crippen MR) is 109 cm³/mol. The van der Waals surface area contributed by atoms with Gasteiger partial charge in [0.05, 0.1) is 6.20 Å². The van der Waals surface area contributed by atoms with Gasteiger partial charge >= 0.3 is 0 Å². The number of aryl methyl sites for hydroxylation is 2. The van der Waals surface area contributed by atoms with Gasteiger partial charge in [0, 0.05) is 28.3 Å². The number of aromatic amines is 1. The fourth-order valence-electron chi connectivity index (χ4n) is 3.35. The number of nitrogens with zero attached hydrogens (tertiary/aromatic N) is 1. The van der Waals surface area contributed by atoms with Crippen molar-refractivity contribution in [2.45, 2.75) is 19.9 Å². The van der Waals surface area contributed by atoms with Crippen molar-refractivity contribution in [2.24, 2.45) is 0 Å². The number of aromatic hydroxyl groups is 2. The van der Waals surface area contributed by atoms with E-state index in [0.717, 1.165) is 28.0 Å². The number of phenolic OH excluding ortho intramolecular Hbond substituents is 2. The van der Waals surface area contributed by atoms with E-state index in [1.54, 1.807) is 12.1 Å². The Balaban J connectivity index is 1.86. The van der Waals surface area contributed by atoms with E-state index in [1.165, 1.54) is 0 Å². The van der Waals surface area contributed by atoms with Crippen LogP contribution >= 0.6 is 0 Å². The van der Waals surface area contributed by atoms with Crippen LogP contribution in [0, 0.1) is 13.8 Å². The second-order valence-electron chi connectivity index (χ2n) is 6.98. The minimum absolute atomic E-state index is 0.152. The Labute approximate surface area is 163 Å². The van der Waals surface area contributed by atoms with Gasteiger partial charge in [-0.15, -0.1) is 0 Å². The number of H-pyrrole nitrogens is 1. The molecule has 0 unspecified atom stereocenters. The molecule has 0 bridgehead atoms. The summed E-state index contributed by atoms with van der Waals surface area (Å²) in [5.74, 6) is 1.18. The van der Waals surface area contributed by atoms with E-state index in [0.29, 0.717) is 11.1 Å². The number of hydrogen-bond donors (Lipinski definition) is 3. The standard InChI is InChI=1S/C23H21N3O2/c1-14-11-12-24-20(13-14)26-21(16-5-8-18(27)9-6-16)19-10-7-17-4-3-15(2)25-22(17)23(19)28/h3-13,21,27-28H,1-2H3,(H,24,26)/p+1/t21-/m0/s1. The number of benzene rings is 2. The van der Waals surface area contributed by atoms with Crippen molar-refractivity contribution in [3.05, 3.63) is 89.2 Å². The first-order valence-corrected chi connectivity index (χ1v) is 9.14. The molecule has 0 amide bonds. The van der Waals surface area contributed by atoms with E-state index >= 15 is 0 Å². The molecular weight excluding hydrogens is 350 g/mol. The highest BCUT2D eigenvalue weighted by atomic mass is 16.3.